The van der Waals surface area contributed by atoms with Gasteiger partial charge in [-0.25, -0.2) is 0 Å². The van der Waals surface area contributed by atoms with Crippen LogP contribution in [-0.2, 0) is 16.1 Å². The topological polar surface area (TPSA) is 18.5 Å². The number of hydrogen-bond acceptors (Lipinski definition) is 4. The predicted molar refractivity (Wildman–Crippen MR) is 68.2 cm³/mol. The van der Waals surface area contributed by atoms with E-state index in [1.54, 1.807) is 0 Å². The SMILES string of the molecule is CSC(=S)OCCOCc1ccccc1. The van der Waals surface area contributed by atoms with E-state index in [0.29, 0.717) is 24.2 Å². The molecule has 1 aromatic carbocycles. The number of ether oxygens (including phenoxy) is 2. The van der Waals surface area contributed by atoms with Crippen molar-refractivity contribution in [3.05, 3.63) is 35.9 Å². The lowest BCUT2D eigenvalue weighted by atomic mass is 10.2. The molecular weight excluding hydrogens is 228 g/mol. The first-order valence-corrected chi connectivity index (χ1v) is 6.28. The van der Waals surface area contributed by atoms with Crippen LogP contribution < -0.4 is 0 Å². The van der Waals surface area contributed by atoms with Gasteiger partial charge in [0, 0.05) is 0 Å². The van der Waals surface area contributed by atoms with Crippen LogP contribution in [0.4, 0.5) is 0 Å². The molecule has 0 amide bonds. The fraction of sp³-hybridized carbons (Fsp3) is 0.364. The van der Waals surface area contributed by atoms with Gasteiger partial charge in [-0.3, -0.25) is 0 Å². The summed E-state index contributed by atoms with van der Waals surface area (Å²) in [4.78, 5) is 0. The molecule has 0 aliphatic carbocycles. The summed E-state index contributed by atoms with van der Waals surface area (Å²) in [5.41, 5.74) is 1.17. The van der Waals surface area contributed by atoms with E-state index in [1.807, 2.05) is 36.6 Å². The van der Waals surface area contributed by atoms with Gasteiger partial charge < -0.3 is 9.47 Å². The lowest BCUT2D eigenvalue weighted by molar-refractivity contribution is 0.0879. The summed E-state index contributed by atoms with van der Waals surface area (Å²) < 4.78 is 11.2. The Hall–Kier alpha value is -0.580. The molecule has 1 rings (SSSR count). The monoisotopic (exact) mass is 242 g/mol. The van der Waals surface area contributed by atoms with Crippen molar-refractivity contribution in [2.24, 2.45) is 0 Å². The van der Waals surface area contributed by atoms with Gasteiger partial charge in [-0.2, -0.15) is 0 Å². The summed E-state index contributed by atoms with van der Waals surface area (Å²) in [6.45, 7) is 1.71. The van der Waals surface area contributed by atoms with Gasteiger partial charge in [-0.05, 0) is 24.0 Å². The molecule has 0 aliphatic heterocycles. The fourth-order valence-corrected chi connectivity index (χ4v) is 1.29. The summed E-state index contributed by atoms with van der Waals surface area (Å²) >= 11 is 6.32. The molecule has 0 spiro atoms. The Labute approximate surface area is 100.0 Å². The molecule has 4 heteroatoms. The zero-order valence-corrected chi connectivity index (χ0v) is 10.3. The van der Waals surface area contributed by atoms with Gasteiger partial charge in [-0.1, -0.05) is 42.1 Å². The molecule has 0 heterocycles. The van der Waals surface area contributed by atoms with Crippen molar-refractivity contribution < 1.29 is 9.47 Å². The first-order chi connectivity index (χ1) is 7.33. The third-order valence-corrected chi connectivity index (χ3v) is 2.79. The van der Waals surface area contributed by atoms with E-state index in [1.165, 1.54) is 17.3 Å². The van der Waals surface area contributed by atoms with Gasteiger partial charge in [0.05, 0.1) is 13.2 Å². The summed E-state index contributed by atoms with van der Waals surface area (Å²) in [6, 6.07) is 10.1. The number of hydrogen-bond donors (Lipinski definition) is 0. The van der Waals surface area contributed by atoms with Crippen molar-refractivity contribution >= 4 is 28.4 Å². The number of rotatable bonds is 5. The van der Waals surface area contributed by atoms with Crippen molar-refractivity contribution in [1.29, 1.82) is 0 Å². The van der Waals surface area contributed by atoms with Crippen LogP contribution in [0.25, 0.3) is 0 Å². The quantitative estimate of drug-likeness (QED) is 0.583. The highest BCUT2D eigenvalue weighted by molar-refractivity contribution is 8.22. The Balaban J connectivity index is 2.05. The maximum Gasteiger partial charge on any atom is 0.219 e. The smallest absolute Gasteiger partial charge is 0.219 e. The van der Waals surface area contributed by atoms with E-state index in [-0.39, 0.29) is 0 Å². The van der Waals surface area contributed by atoms with Crippen LogP contribution >= 0.6 is 24.0 Å². The molecule has 0 unspecified atom stereocenters. The van der Waals surface area contributed by atoms with Gasteiger partial charge in [0.2, 0.25) is 4.38 Å². The molecule has 0 atom stereocenters. The maximum atomic E-state index is 5.42. The predicted octanol–water partition coefficient (Wildman–Crippen LogP) is 2.87. The van der Waals surface area contributed by atoms with E-state index in [0.717, 1.165) is 0 Å². The van der Waals surface area contributed by atoms with E-state index >= 15 is 0 Å². The van der Waals surface area contributed by atoms with Crippen LogP contribution in [0.1, 0.15) is 5.56 Å². The molecule has 0 radical (unpaired) electrons. The molecule has 82 valence electrons. The second-order valence-corrected chi connectivity index (χ2v) is 4.25. The van der Waals surface area contributed by atoms with Gasteiger partial charge in [0.1, 0.15) is 6.61 Å². The summed E-state index contributed by atoms with van der Waals surface area (Å²) in [7, 11) is 0. The Kier molecular flexibility index (Phi) is 6.39. The third-order valence-electron chi connectivity index (χ3n) is 1.73. The Morgan fingerprint density at radius 2 is 2.00 bits per heavy atom. The van der Waals surface area contributed by atoms with Gasteiger partial charge in [0.15, 0.2) is 0 Å². The minimum atomic E-state index is 0.520. The van der Waals surface area contributed by atoms with E-state index in [2.05, 4.69) is 0 Å². The molecule has 0 aliphatic rings. The minimum Gasteiger partial charge on any atom is -0.476 e. The summed E-state index contributed by atoms with van der Waals surface area (Å²) in [5, 5.41) is 0. The van der Waals surface area contributed by atoms with Crippen LogP contribution in [-0.4, -0.2) is 23.9 Å². The molecule has 0 saturated heterocycles. The van der Waals surface area contributed by atoms with Crippen molar-refractivity contribution in [2.45, 2.75) is 6.61 Å². The molecule has 0 saturated carbocycles. The van der Waals surface area contributed by atoms with E-state index in [9.17, 15) is 0 Å². The molecule has 15 heavy (non-hydrogen) atoms. The molecule has 0 bridgehead atoms. The summed E-state index contributed by atoms with van der Waals surface area (Å²) in [5.74, 6) is 0. The Morgan fingerprint density at radius 3 is 2.67 bits per heavy atom. The lowest BCUT2D eigenvalue weighted by Crippen LogP contribution is -2.06. The first-order valence-electron chi connectivity index (χ1n) is 4.65. The van der Waals surface area contributed by atoms with E-state index in [4.69, 9.17) is 21.7 Å². The van der Waals surface area contributed by atoms with Crippen molar-refractivity contribution in [1.82, 2.24) is 0 Å². The second-order valence-electron chi connectivity index (χ2n) is 2.84. The van der Waals surface area contributed by atoms with Crippen molar-refractivity contribution in [3.63, 3.8) is 0 Å². The van der Waals surface area contributed by atoms with Crippen molar-refractivity contribution in [2.75, 3.05) is 19.5 Å². The maximum absolute atomic E-state index is 5.42. The van der Waals surface area contributed by atoms with Gasteiger partial charge in [0.25, 0.3) is 0 Å². The largest absolute Gasteiger partial charge is 0.476 e. The van der Waals surface area contributed by atoms with Crippen LogP contribution in [0, 0.1) is 0 Å². The molecule has 1 aromatic rings. The Bertz CT molecular complexity index is 288. The summed E-state index contributed by atoms with van der Waals surface area (Å²) in [6.07, 6.45) is 1.90. The molecule has 0 fully saturated rings. The van der Waals surface area contributed by atoms with Crippen LogP contribution in [0.2, 0.25) is 0 Å². The number of benzene rings is 1. The van der Waals surface area contributed by atoms with Crippen LogP contribution in [0.5, 0.6) is 0 Å². The normalized spacial score (nSPS) is 9.93. The average Bonchev–Trinajstić information content (AvgIpc) is 2.29. The highest BCUT2D eigenvalue weighted by Gasteiger charge is 1.95. The van der Waals surface area contributed by atoms with Crippen LogP contribution in [0.3, 0.4) is 0 Å². The minimum absolute atomic E-state index is 0.520. The highest BCUT2D eigenvalue weighted by atomic mass is 32.2. The first kappa shape index (κ1) is 12.5. The zero-order valence-electron chi connectivity index (χ0n) is 8.64. The zero-order chi connectivity index (χ0) is 10.9. The lowest BCUT2D eigenvalue weighted by Gasteiger charge is -2.06. The molecule has 0 aromatic heterocycles. The second kappa shape index (κ2) is 7.68. The fourth-order valence-electron chi connectivity index (χ4n) is 1.01. The van der Waals surface area contributed by atoms with Gasteiger partial charge in [-0.15, -0.1) is 0 Å². The van der Waals surface area contributed by atoms with Crippen LogP contribution in [0.15, 0.2) is 30.3 Å². The van der Waals surface area contributed by atoms with Crippen molar-refractivity contribution in [3.8, 4) is 0 Å². The molecule has 2 nitrogen and oxygen atoms in total. The van der Waals surface area contributed by atoms with Gasteiger partial charge >= 0.3 is 0 Å². The molecular formula is C11H14O2S2. The highest BCUT2D eigenvalue weighted by Crippen LogP contribution is 2.01. The molecule has 0 N–H and O–H groups in total. The number of thiocarbonyl (C=S) groups is 1. The van der Waals surface area contributed by atoms with E-state index < -0.39 is 0 Å². The third kappa shape index (κ3) is 5.77. The standard InChI is InChI=1S/C11H14O2S2/c1-15-11(14)13-8-7-12-9-10-5-3-2-4-6-10/h2-6H,7-9H2,1H3. The average molecular weight is 242 g/mol. The Morgan fingerprint density at radius 1 is 1.27 bits per heavy atom. The number of thioether (sulfide) groups is 1.